The predicted molar refractivity (Wildman–Crippen MR) is 52.0 cm³/mol. The summed E-state index contributed by atoms with van der Waals surface area (Å²) in [4.78, 5) is 11.2. The van der Waals surface area contributed by atoms with E-state index >= 15 is 0 Å². The lowest BCUT2D eigenvalue weighted by Crippen LogP contribution is -2.14. The summed E-state index contributed by atoms with van der Waals surface area (Å²) in [5.74, 6) is 0. The number of hydrogen-bond acceptors (Lipinski definition) is 3. The maximum atomic E-state index is 11.2. The van der Waals surface area contributed by atoms with Crippen molar-refractivity contribution in [1.29, 1.82) is 0 Å². The van der Waals surface area contributed by atoms with Gasteiger partial charge in [0.05, 0.1) is 18.2 Å². The predicted octanol–water partition coefficient (Wildman–Crippen LogP) is 1.65. The summed E-state index contributed by atoms with van der Waals surface area (Å²) >= 11 is 0. The number of aromatic nitrogens is 2. The summed E-state index contributed by atoms with van der Waals surface area (Å²) in [7, 11) is 0. The summed E-state index contributed by atoms with van der Waals surface area (Å²) in [5, 5.41) is 6.43. The zero-order chi connectivity index (χ0) is 10.1. The fraction of sp³-hybridized carbons (Fsp3) is 0.200. The second-order valence-corrected chi connectivity index (χ2v) is 3.16. The summed E-state index contributed by atoms with van der Waals surface area (Å²) in [6, 6.07) is 1.81. The van der Waals surface area contributed by atoms with Crippen LogP contribution in [0.5, 0.6) is 0 Å². The summed E-state index contributed by atoms with van der Waals surface area (Å²) in [6.45, 7) is 3.65. The third-order valence-corrected chi connectivity index (χ3v) is 2.32. The quantitative estimate of drug-likeness (QED) is 0.743. The van der Waals surface area contributed by atoms with Crippen molar-refractivity contribution in [2.24, 2.45) is 0 Å². The highest BCUT2D eigenvalue weighted by molar-refractivity contribution is 5.61. The molecule has 2 aromatic rings. The topological polar surface area (TPSA) is 58.9 Å². The van der Waals surface area contributed by atoms with Crippen LogP contribution in [-0.2, 0) is 0 Å². The van der Waals surface area contributed by atoms with Crippen LogP contribution < -0.4 is 5.56 Å². The first kappa shape index (κ1) is 8.74. The minimum atomic E-state index is -0.144. The van der Waals surface area contributed by atoms with Gasteiger partial charge in [-0.15, -0.1) is 0 Å². The van der Waals surface area contributed by atoms with Crippen LogP contribution in [0, 0.1) is 13.8 Å². The van der Waals surface area contributed by atoms with E-state index in [1.807, 2.05) is 13.0 Å². The lowest BCUT2D eigenvalue weighted by molar-refractivity contribution is 0.568. The average molecular weight is 190 g/mol. The highest BCUT2D eigenvalue weighted by Gasteiger charge is 2.08. The monoisotopic (exact) mass is 190 g/mol. The standard InChI is InChI=1S/C10H10N2O2/c1-6-7(2)10(13)12-11-9(6)8-3-4-14-5-8/h3-5H,1-2H3,(H,12,13). The van der Waals surface area contributed by atoms with Crippen LogP contribution in [0.25, 0.3) is 11.3 Å². The van der Waals surface area contributed by atoms with E-state index in [9.17, 15) is 4.79 Å². The number of hydrogen-bond donors (Lipinski definition) is 1. The van der Waals surface area contributed by atoms with Gasteiger partial charge in [-0.3, -0.25) is 4.79 Å². The lowest BCUT2D eigenvalue weighted by Gasteiger charge is -2.03. The molecule has 0 aromatic carbocycles. The molecule has 72 valence electrons. The molecule has 0 spiro atoms. The van der Waals surface area contributed by atoms with Crippen molar-refractivity contribution >= 4 is 0 Å². The molecule has 0 aliphatic heterocycles. The molecule has 0 unspecified atom stereocenters. The van der Waals surface area contributed by atoms with E-state index < -0.39 is 0 Å². The molecule has 0 atom stereocenters. The molecule has 2 rings (SSSR count). The molecule has 1 N–H and O–H groups in total. The lowest BCUT2D eigenvalue weighted by atomic mass is 10.1. The molecular formula is C10H10N2O2. The van der Waals surface area contributed by atoms with Crippen molar-refractivity contribution in [3.63, 3.8) is 0 Å². The SMILES string of the molecule is Cc1c(-c2ccoc2)n[nH]c(=O)c1C. The van der Waals surface area contributed by atoms with Gasteiger partial charge >= 0.3 is 0 Å². The van der Waals surface area contributed by atoms with Gasteiger partial charge < -0.3 is 4.42 Å². The van der Waals surface area contributed by atoms with Crippen molar-refractivity contribution in [3.05, 3.63) is 40.1 Å². The number of H-pyrrole nitrogens is 1. The Labute approximate surface area is 80.6 Å². The van der Waals surface area contributed by atoms with E-state index in [0.717, 1.165) is 16.8 Å². The fourth-order valence-corrected chi connectivity index (χ4v) is 1.30. The Morgan fingerprint density at radius 1 is 1.36 bits per heavy atom. The van der Waals surface area contributed by atoms with Gasteiger partial charge in [-0.2, -0.15) is 5.10 Å². The maximum absolute atomic E-state index is 11.2. The van der Waals surface area contributed by atoms with Gasteiger partial charge in [0.1, 0.15) is 0 Å². The van der Waals surface area contributed by atoms with Crippen molar-refractivity contribution in [3.8, 4) is 11.3 Å². The minimum absolute atomic E-state index is 0.144. The van der Waals surface area contributed by atoms with Crippen molar-refractivity contribution in [1.82, 2.24) is 10.2 Å². The van der Waals surface area contributed by atoms with E-state index in [2.05, 4.69) is 10.2 Å². The van der Waals surface area contributed by atoms with E-state index in [1.54, 1.807) is 19.5 Å². The Bertz CT molecular complexity index is 497. The Balaban J connectivity index is 2.67. The average Bonchev–Trinajstić information content (AvgIpc) is 2.67. The summed E-state index contributed by atoms with van der Waals surface area (Å²) < 4.78 is 4.96. The molecule has 2 heterocycles. The summed E-state index contributed by atoms with van der Waals surface area (Å²) in [6.07, 6.45) is 3.18. The fourth-order valence-electron chi connectivity index (χ4n) is 1.30. The van der Waals surface area contributed by atoms with Crippen LogP contribution in [0.15, 0.2) is 27.8 Å². The zero-order valence-electron chi connectivity index (χ0n) is 8.00. The third-order valence-electron chi connectivity index (χ3n) is 2.32. The van der Waals surface area contributed by atoms with Crippen LogP contribution in [0.1, 0.15) is 11.1 Å². The first-order valence-electron chi connectivity index (χ1n) is 4.28. The Kier molecular flexibility index (Phi) is 1.96. The Morgan fingerprint density at radius 2 is 2.14 bits per heavy atom. The highest BCUT2D eigenvalue weighted by atomic mass is 16.3. The Hall–Kier alpha value is -1.84. The molecule has 14 heavy (non-hydrogen) atoms. The summed E-state index contributed by atoms with van der Waals surface area (Å²) in [5.41, 5.74) is 3.07. The number of furan rings is 1. The molecular weight excluding hydrogens is 180 g/mol. The smallest absolute Gasteiger partial charge is 0.267 e. The van der Waals surface area contributed by atoms with Gasteiger partial charge in [-0.25, -0.2) is 5.10 Å². The van der Waals surface area contributed by atoms with Crippen LogP contribution in [0.3, 0.4) is 0 Å². The minimum Gasteiger partial charge on any atom is -0.472 e. The molecule has 0 aliphatic rings. The number of nitrogens with zero attached hydrogens (tertiary/aromatic N) is 1. The molecule has 0 saturated carbocycles. The van der Waals surface area contributed by atoms with Crippen molar-refractivity contribution in [2.45, 2.75) is 13.8 Å². The number of aromatic amines is 1. The van der Waals surface area contributed by atoms with Gasteiger partial charge in [0, 0.05) is 11.1 Å². The van der Waals surface area contributed by atoms with Gasteiger partial charge in [-0.05, 0) is 25.5 Å². The maximum Gasteiger partial charge on any atom is 0.267 e. The molecule has 0 bridgehead atoms. The van der Waals surface area contributed by atoms with Crippen molar-refractivity contribution in [2.75, 3.05) is 0 Å². The van der Waals surface area contributed by atoms with Crippen LogP contribution >= 0.6 is 0 Å². The van der Waals surface area contributed by atoms with Gasteiger partial charge in [0.15, 0.2) is 0 Å². The first-order valence-corrected chi connectivity index (χ1v) is 4.28. The second-order valence-electron chi connectivity index (χ2n) is 3.16. The van der Waals surface area contributed by atoms with E-state index in [0.29, 0.717) is 5.56 Å². The van der Waals surface area contributed by atoms with E-state index in [-0.39, 0.29) is 5.56 Å². The largest absolute Gasteiger partial charge is 0.472 e. The van der Waals surface area contributed by atoms with E-state index in [4.69, 9.17) is 4.42 Å². The molecule has 0 radical (unpaired) electrons. The molecule has 0 aliphatic carbocycles. The third kappa shape index (κ3) is 1.25. The van der Waals surface area contributed by atoms with Crippen LogP contribution in [0.2, 0.25) is 0 Å². The Morgan fingerprint density at radius 3 is 2.79 bits per heavy atom. The normalized spacial score (nSPS) is 10.4. The molecule has 4 nitrogen and oxygen atoms in total. The van der Waals surface area contributed by atoms with Crippen LogP contribution in [0.4, 0.5) is 0 Å². The van der Waals surface area contributed by atoms with Gasteiger partial charge in [-0.1, -0.05) is 0 Å². The number of nitrogens with one attached hydrogen (secondary N) is 1. The van der Waals surface area contributed by atoms with Gasteiger partial charge in [0.25, 0.3) is 5.56 Å². The molecule has 0 fully saturated rings. The molecule has 0 saturated heterocycles. The molecule has 4 heteroatoms. The van der Waals surface area contributed by atoms with Crippen molar-refractivity contribution < 1.29 is 4.42 Å². The van der Waals surface area contributed by atoms with Crippen LogP contribution in [-0.4, -0.2) is 10.2 Å². The second kappa shape index (κ2) is 3.14. The number of rotatable bonds is 1. The molecule has 2 aromatic heterocycles. The first-order chi connectivity index (χ1) is 6.70. The zero-order valence-corrected chi connectivity index (χ0v) is 8.00. The van der Waals surface area contributed by atoms with E-state index in [1.165, 1.54) is 0 Å². The van der Waals surface area contributed by atoms with Gasteiger partial charge in [0.2, 0.25) is 0 Å². The molecule has 0 amide bonds. The highest BCUT2D eigenvalue weighted by Crippen LogP contribution is 2.20.